The molecule has 0 aromatic carbocycles. The van der Waals surface area contributed by atoms with Gasteiger partial charge in [-0.3, -0.25) is 14.3 Å². The fourth-order valence-electron chi connectivity index (χ4n) is 2.15. The van der Waals surface area contributed by atoms with Crippen molar-refractivity contribution in [2.45, 2.75) is 31.7 Å². The molecule has 1 saturated heterocycles. The second kappa shape index (κ2) is 5.66. The molecule has 1 aromatic heterocycles. The summed E-state index contributed by atoms with van der Waals surface area (Å²) in [4.78, 5) is 30.1. The molecule has 0 aliphatic carbocycles. The minimum Gasteiger partial charge on any atom is -0.394 e. The van der Waals surface area contributed by atoms with Crippen LogP contribution in [-0.2, 0) is 9.57 Å². The number of aliphatic hydroxyl groups is 1. The van der Waals surface area contributed by atoms with Crippen LogP contribution in [0.5, 0.6) is 0 Å². The van der Waals surface area contributed by atoms with E-state index < -0.39 is 23.6 Å². The van der Waals surface area contributed by atoms with E-state index in [9.17, 15) is 14.7 Å². The Kier molecular flexibility index (Phi) is 4.15. The topological polar surface area (TPSA) is 106 Å². The molecule has 1 fully saturated rings. The van der Waals surface area contributed by atoms with E-state index in [-0.39, 0.29) is 12.6 Å². The predicted molar refractivity (Wildman–Crippen MR) is 65.6 cm³/mol. The Bertz CT molecular complexity index is 552. The van der Waals surface area contributed by atoms with E-state index in [1.807, 2.05) is 0 Å². The van der Waals surface area contributed by atoms with Gasteiger partial charge in [-0.2, -0.15) is 5.48 Å². The Balaban J connectivity index is 2.27. The van der Waals surface area contributed by atoms with Crippen molar-refractivity contribution in [2.24, 2.45) is 0 Å². The number of aromatic nitrogens is 2. The first kappa shape index (κ1) is 13.9. The van der Waals surface area contributed by atoms with Crippen molar-refractivity contribution in [3.8, 4) is 0 Å². The third-order valence-corrected chi connectivity index (χ3v) is 3.14. The van der Waals surface area contributed by atoms with Crippen molar-refractivity contribution in [1.82, 2.24) is 15.0 Å². The van der Waals surface area contributed by atoms with E-state index in [2.05, 4.69) is 10.5 Å². The maximum atomic E-state index is 11.8. The summed E-state index contributed by atoms with van der Waals surface area (Å²) in [5.41, 5.74) is 2.20. The third kappa shape index (κ3) is 2.76. The summed E-state index contributed by atoms with van der Waals surface area (Å²) in [6.07, 6.45) is 0.886. The van der Waals surface area contributed by atoms with E-state index in [0.29, 0.717) is 12.0 Å². The molecule has 1 aliphatic rings. The van der Waals surface area contributed by atoms with Crippen molar-refractivity contribution in [3.63, 3.8) is 0 Å². The van der Waals surface area contributed by atoms with Crippen LogP contribution in [-0.4, -0.2) is 40.5 Å². The first-order valence-electron chi connectivity index (χ1n) is 5.93. The highest BCUT2D eigenvalue weighted by Crippen LogP contribution is 2.27. The first-order valence-corrected chi connectivity index (χ1v) is 5.93. The van der Waals surface area contributed by atoms with Gasteiger partial charge in [-0.25, -0.2) is 4.79 Å². The Morgan fingerprint density at radius 3 is 3.00 bits per heavy atom. The molecule has 0 amide bonds. The van der Waals surface area contributed by atoms with E-state index in [0.717, 1.165) is 0 Å². The maximum absolute atomic E-state index is 11.8. The van der Waals surface area contributed by atoms with Crippen LogP contribution in [0.25, 0.3) is 0 Å². The molecule has 106 valence electrons. The average Bonchev–Trinajstić information content (AvgIpc) is 2.77. The lowest BCUT2D eigenvalue weighted by molar-refractivity contribution is -0.0430. The van der Waals surface area contributed by atoms with Gasteiger partial charge in [0.25, 0.3) is 5.56 Å². The second-order valence-electron chi connectivity index (χ2n) is 4.45. The molecule has 3 atom stereocenters. The number of aryl methyl sites for hydroxylation is 1. The quantitative estimate of drug-likeness (QED) is 0.584. The van der Waals surface area contributed by atoms with Gasteiger partial charge in [0.15, 0.2) is 0 Å². The number of nitrogens with zero attached hydrogens (tertiary/aromatic N) is 1. The van der Waals surface area contributed by atoms with Gasteiger partial charge in [0, 0.05) is 18.2 Å². The summed E-state index contributed by atoms with van der Waals surface area (Å²) in [7, 11) is 1.47. The molecule has 1 aliphatic heterocycles. The van der Waals surface area contributed by atoms with Crippen LogP contribution < -0.4 is 16.7 Å². The van der Waals surface area contributed by atoms with Crippen molar-refractivity contribution < 1.29 is 14.7 Å². The number of hydrogen-bond donors (Lipinski definition) is 3. The molecule has 0 bridgehead atoms. The monoisotopic (exact) mass is 271 g/mol. The molecule has 2 rings (SSSR count). The van der Waals surface area contributed by atoms with Crippen molar-refractivity contribution >= 4 is 0 Å². The third-order valence-electron chi connectivity index (χ3n) is 3.14. The standard InChI is InChI=1S/C11H17N3O5/c1-6-4-14(11(17)12-10(6)16)9-3-7(13-18-2)8(5-15)19-9/h4,7-9,13,15H,3,5H2,1-2H3,(H,12,16,17)/t7-,8+,9+/m0/s1. The van der Waals surface area contributed by atoms with Gasteiger partial charge in [0.2, 0.25) is 0 Å². The minimum atomic E-state index is -0.548. The normalized spacial score (nSPS) is 26.8. The van der Waals surface area contributed by atoms with Crippen LogP contribution in [0.4, 0.5) is 0 Å². The van der Waals surface area contributed by atoms with E-state index in [1.165, 1.54) is 17.9 Å². The molecule has 8 nitrogen and oxygen atoms in total. The summed E-state index contributed by atoms with van der Waals surface area (Å²) in [5, 5.41) is 9.23. The minimum absolute atomic E-state index is 0.186. The molecule has 8 heteroatoms. The molecule has 2 heterocycles. The summed E-state index contributed by atoms with van der Waals surface area (Å²) in [6.45, 7) is 1.42. The van der Waals surface area contributed by atoms with E-state index in [4.69, 9.17) is 9.57 Å². The highest BCUT2D eigenvalue weighted by molar-refractivity contribution is 5.02. The molecule has 0 unspecified atom stereocenters. The lowest BCUT2D eigenvalue weighted by atomic mass is 10.1. The maximum Gasteiger partial charge on any atom is 0.330 e. The Morgan fingerprint density at radius 1 is 1.63 bits per heavy atom. The Hall–Kier alpha value is -1.48. The number of nitrogens with one attached hydrogen (secondary N) is 2. The van der Waals surface area contributed by atoms with E-state index in [1.54, 1.807) is 6.92 Å². The average molecular weight is 271 g/mol. The van der Waals surface area contributed by atoms with Crippen LogP contribution in [0.2, 0.25) is 0 Å². The highest BCUT2D eigenvalue weighted by atomic mass is 16.6. The number of hydroxylamine groups is 1. The van der Waals surface area contributed by atoms with Crippen LogP contribution in [0.1, 0.15) is 18.2 Å². The fraction of sp³-hybridized carbons (Fsp3) is 0.636. The number of aromatic amines is 1. The van der Waals surface area contributed by atoms with Gasteiger partial charge in [-0.05, 0) is 6.92 Å². The zero-order valence-corrected chi connectivity index (χ0v) is 10.8. The Labute approximate surface area is 108 Å². The van der Waals surface area contributed by atoms with Crippen molar-refractivity contribution in [3.05, 3.63) is 32.6 Å². The molecule has 1 aromatic rings. The molecule has 0 spiro atoms. The summed E-state index contributed by atoms with van der Waals surface area (Å²) in [5.74, 6) is 0. The molecule has 3 N–H and O–H groups in total. The second-order valence-corrected chi connectivity index (χ2v) is 4.45. The first-order chi connectivity index (χ1) is 9.06. The molecule has 0 radical (unpaired) electrons. The van der Waals surface area contributed by atoms with Crippen LogP contribution >= 0.6 is 0 Å². The number of aliphatic hydroxyl groups excluding tert-OH is 1. The van der Waals surface area contributed by atoms with Gasteiger partial charge in [-0.1, -0.05) is 0 Å². The summed E-state index contributed by atoms with van der Waals surface area (Å²) >= 11 is 0. The number of rotatable bonds is 4. The summed E-state index contributed by atoms with van der Waals surface area (Å²) in [6, 6.07) is -0.223. The fourth-order valence-corrected chi connectivity index (χ4v) is 2.15. The molecule has 19 heavy (non-hydrogen) atoms. The molecule has 0 saturated carbocycles. The van der Waals surface area contributed by atoms with Gasteiger partial charge in [0.1, 0.15) is 12.3 Å². The van der Waals surface area contributed by atoms with Gasteiger partial charge < -0.3 is 14.7 Å². The molecular weight excluding hydrogens is 254 g/mol. The largest absolute Gasteiger partial charge is 0.394 e. The molecular formula is C11H17N3O5. The van der Waals surface area contributed by atoms with Crippen molar-refractivity contribution in [2.75, 3.05) is 13.7 Å². The number of ether oxygens (including phenoxy) is 1. The lowest BCUT2D eigenvalue weighted by Crippen LogP contribution is -2.37. The zero-order chi connectivity index (χ0) is 14.0. The van der Waals surface area contributed by atoms with Crippen molar-refractivity contribution in [1.29, 1.82) is 0 Å². The summed E-state index contributed by atoms with van der Waals surface area (Å²) < 4.78 is 6.90. The van der Waals surface area contributed by atoms with Crippen LogP contribution in [0.15, 0.2) is 15.8 Å². The van der Waals surface area contributed by atoms with Crippen LogP contribution in [0, 0.1) is 6.92 Å². The SMILES string of the molecule is CON[C@H]1C[C@H](n2cc(C)c(=O)[nH]c2=O)O[C@@H]1CO. The number of hydrogen-bond acceptors (Lipinski definition) is 6. The smallest absolute Gasteiger partial charge is 0.330 e. The Morgan fingerprint density at radius 2 is 2.37 bits per heavy atom. The van der Waals surface area contributed by atoms with Gasteiger partial charge in [0.05, 0.1) is 19.8 Å². The van der Waals surface area contributed by atoms with Gasteiger partial charge in [-0.15, -0.1) is 0 Å². The van der Waals surface area contributed by atoms with E-state index >= 15 is 0 Å². The van der Waals surface area contributed by atoms with Crippen LogP contribution in [0.3, 0.4) is 0 Å². The predicted octanol–water partition coefficient (Wildman–Crippen LogP) is -1.36. The zero-order valence-electron chi connectivity index (χ0n) is 10.8. The highest BCUT2D eigenvalue weighted by Gasteiger charge is 2.36. The number of H-pyrrole nitrogens is 1. The van der Waals surface area contributed by atoms with Gasteiger partial charge >= 0.3 is 5.69 Å². The lowest BCUT2D eigenvalue weighted by Gasteiger charge is -2.15.